The van der Waals surface area contributed by atoms with Crippen LogP contribution in [0.3, 0.4) is 0 Å². The summed E-state index contributed by atoms with van der Waals surface area (Å²) in [6.45, 7) is 1.72. The topological polar surface area (TPSA) is 40.5 Å². The molecule has 1 aromatic carbocycles. The fourth-order valence-electron chi connectivity index (χ4n) is 0.989. The standard InChI is InChI=1S/C12H14O2/c1-10-2-4-11(5-3-10)6-7-12(8-13)9-14/h2-6,13-14H,8-9H2,1H3. The van der Waals surface area contributed by atoms with Gasteiger partial charge in [-0.1, -0.05) is 29.8 Å². The van der Waals surface area contributed by atoms with E-state index < -0.39 is 0 Å². The predicted molar refractivity (Wildman–Crippen MR) is 56.8 cm³/mol. The smallest absolute Gasteiger partial charge is 0.0738 e. The van der Waals surface area contributed by atoms with Crippen LogP contribution >= 0.6 is 0 Å². The molecule has 0 fully saturated rings. The van der Waals surface area contributed by atoms with E-state index in [9.17, 15) is 0 Å². The molecule has 0 aliphatic heterocycles. The number of hydrogen-bond donors (Lipinski definition) is 2. The van der Waals surface area contributed by atoms with Crippen molar-refractivity contribution >= 4 is 6.08 Å². The summed E-state index contributed by atoms with van der Waals surface area (Å²) in [5, 5.41) is 17.5. The van der Waals surface area contributed by atoms with Gasteiger partial charge in [-0.05, 0) is 18.6 Å². The summed E-state index contributed by atoms with van der Waals surface area (Å²) in [6, 6.07) is 7.94. The molecule has 74 valence electrons. The Hall–Kier alpha value is -1.34. The van der Waals surface area contributed by atoms with Crippen molar-refractivity contribution in [3.05, 3.63) is 46.7 Å². The van der Waals surface area contributed by atoms with E-state index >= 15 is 0 Å². The lowest BCUT2D eigenvalue weighted by Gasteiger charge is -1.94. The van der Waals surface area contributed by atoms with Gasteiger partial charge in [-0.3, -0.25) is 0 Å². The van der Waals surface area contributed by atoms with Crippen LogP contribution < -0.4 is 0 Å². The maximum atomic E-state index is 8.77. The van der Waals surface area contributed by atoms with Crippen LogP contribution in [0.1, 0.15) is 11.1 Å². The van der Waals surface area contributed by atoms with Gasteiger partial charge in [0.1, 0.15) is 0 Å². The second-order valence-electron chi connectivity index (χ2n) is 3.12. The summed E-state index contributed by atoms with van der Waals surface area (Å²) in [6.07, 6.45) is 1.75. The van der Waals surface area contributed by atoms with E-state index in [4.69, 9.17) is 10.2 Å². The van der Waals surface area contributed by atoms with Crippen molar-refractivity contribution in [1.29, 1.82) is 0 Å². The van der Waals surface area contributed by atoms with Crippen molar-refractivity contribution in [2.45, 2.75) is 6.92 Å². The maximum absolute atomic E-state index is 8.77. The van der Waals surface area contributed by atoms with Gasteiger partial charge in [0, 0.05) is 5.57 Å². The molecule has 0 amide bonds. The van der Waals surface area contributed by atoms with E-state index in [1.54, 1.807) is 6.08 Å². The Bertz CT molecular complexity index is 337. The van der Waals surface area contributed by atoms with Crippen LogP contribution in [0.4, 0.5) is 0 Å². The zero-order chi connectivity index (χ0) is 10.4. The minimum atomic E-state index is -0.154. The molecule has 1 rings (SSSR count). The number of hydrogen-bond acceptors (Lipinski definition) is 2. The summed E-state index contributed by atoms with van der Waals surface area (Å²) in [5.74, 6) is 0. The van der Waals surface area contributed by atoms with E-state index in [1.165, 1.54) is 5.56 Å². The monoisotopic (exact) mass is 190 g/mol. The van der Waals surface area contributed by atoms with Gasteiger partial charge in [0.25, 0.3) is 0 Å². The molecule has 2 nitrogen and oxygen atoms in total. The summed E-state index contributed by atoms with van der Waals surface area (Å²) in [7, 11) is 0. The predicted octanol–water partition coefficient (Wildman–Crippen LogP) is 1.52. The summed E-state index contributed by atoms with van der Waals surface area (Å²) < 4.78 is 0. The fourth-order valence-corrected chi connectivity index (χ4v) is 0.989. The van der Waals surface area contributed by atoms with Crippen molar-refractivity contribution in [3.8, 4) is 0 Å². The number of benzene rings is 1. The number of rotatable bonds is 3. The van der Waals surface area contributed by atoms with Crippen LogP contribution in [0.2, 0.25) is 0 Å². The van der Waals surface area contributed by atoms with Crippen LogP contribution in [0.25, 0.3) is 6.08 Å². The zero-order valence-corrected chi connectivity index (χ0v) is 8.20. The third-order valence-electron chi connectivity index (χ3n) is 1.90. The average molecular weight is 190 g/mol. The highest BCUT2D eigenvalue weighted by molar-refractivity contribution is 5.49. The Morgan fingerprint density at radius 3 is 2.29 bits per heavy atom. The lowest BCUT2D eigenvalue weighted by molar-refractivity contribution is 0.277. The number of aliphatic hydroxyl groups is 2. The Labute approximate surface area is 83.8 Å². The Kier molecular flexibility index (Phi) is 4.14. The average Bonchev–Trinajstić information content (AvgIpc) is 2.22. The highest BCUT2D eigenvalue weighted by atomic mass is 16.3. The van der Waals surface area contributed by atoms with Gasteiger partial charge in [0.15, 0.2) is 0 Å². The molecule has 0 aliphatic rings. The molecular formula is C12H14O2. The van der Waals surface area contributed by atoms with E-state index in [2.05, 4.69) is 5.73 Å². The minimum absolute atomic E-state index is 0.154. The molecule has 0 radical (unpaired) electrons. The second kappa shape index (κ2) is 5.40. The minimum Gasteiger partial charge on any atom is -0.391 e. The first-order valence-corrected chi connectivity index (χ1v) is 4.49. The number of aliphatic hydroxyl groups excluding tert-OH is 2. The largest absolute Gasteiger partial charge is 0.391 e. The first-order chi connectivity index (χ1) is 6.76. The quantitative estimate of drug-likeness (QED) is 0.709. The number of aryl methyl sites for hydroxylation is 1. The Morgan fingerprint density at radius 1 is 1.21 bits per heavy atom. The highest BCUT2D eigenvalue weighted by Gasteiger charge is 1.89. The molecule has 0 aliphatic carbocycles. The molecule has 0 bridgehead atoms. The van der Waals surface area contributed by atoms with Crippen molar-refractivity contribution < 1.29 is 10.2 Å². The molecule has 2 N–H and O–H groups in total. The molecule has 14 heavy (non-hydrogen) atoms. The fraction of sp³-hybridized carbons (Fsp3) is 0.250. The van der Waals surface area contributed by atoms with Crippen molar-refractivity contribution in [2.24, 2.45) is 0 Å². The molecule has 0 atom stereocenters. The summed E-state index contributed by atoms with van der Waals surface area (Å²) in [5.41, 5.74) is 5.55. The van der Waals surface area contributed by atoms with Gasteiger partial charge < -0.3 is 10.2 Å². The SMILES string of the molecule is Cc1ccc(C=C=C(CO)CO)cc1. The molecule has 0 aromatic heterocycles. The van der Waals surface area contributed by atoms with Gasteiger partial charge in [-0.25, -0.2) is 0 Å². The molecule has 0 spiro atoms. The van der Waals surface area contributed by atoms with E-state index in [0.29, 0.717) is 5.57 Å². The van der Waals surface area contributed by atoms with Crippen molar-refractivity contribution in [1.82, 2.24) is 0 Å². The van der Waals surface area contributed by atoms with Gasteiger partial charge in [-0.15, -0.1) is 5.73 Å². The van der Waals surface area contributed by atoms with Crippen LogP contribution in [-0.2, 0) is 0 Å². The summed E-state index contributed by atoms with van der Waals surface area (Å²) >= 11 is 0. The van der Waals surface area contributed by atoms with Crippen molar-refractivity contribution in [3.63, 3.8) is 0 Å². The molecule has 0 heterocycles. The summed E-state index contributed by atoms with van der Waals surface area (Å²) in [4.78, 5) is 0. The van der Waals surface area contributed by atoms with Gasteiger partial charge in [0.05, 0.1) is 13.2 Å². The van der Waals surface area contributed by atoms with Gasteiger partial charge in [-0.2, -0.15) is 0 Å². The zero-order valence-electron chi connectivity index (χ0n) is 8.20. The maximum Gasteiger partial charge on any atom is 0.0738 e. The molecule has 0 saturated carbocycles. The first kappa shape index (κ1) is 10.7. The third kappa shape index (κ3) is 3.19. The van der Waals surface area contributed by atoms with Gasteiger partial charge >= 0.3 is 0 Å². The third-order valence-corrected chi connectivity index (χ3v) is 1.90. The van der Waals surface area contributed by atoms with Crippen molar-refractivity contribution in [2.75, 3.05) is 13.2 Å². The second-order valence-corrected chi connectivity index (χ2v) is 3.12. The molecule has 0 saturated heterocycles. The molecular weight excluding hydrogens is 176 g/mol. The van der Waals surface area contributed by atoms with Crippen LogP contribution in [0, 0.1) is 6.92 Å². The lowest BCUT2D eigenvalue weighted by Crippen LogP contribution is -1.93. The molecule has 1 aromatic rings. The first-order valence-electron chi connectivity index (χ1n) is 4.49. The van der Waals surface area contributed by atoms with E-state index in [-0.39, 0.29) is 13.2 Å². The van der Waals surface area contributed by atoms with Crippen LogP contribution in [0.5, 0.6) is 0 Å². The highest BCUT2D eigenvalue weighted by Crippen LogP contribution is 2.04. The normalized spacial score (nSPS) is 9.36. The molecule has 0 unspecified atom stereocenters. The Morgan fingerprint density at radius 2 is 1.79 bits per heavy atom. The van der Waals surface area contributed by atoms with E-state index in [1.807, 2.05) is 31.2 Å². The van der Waals surface area contributed by atoms with E-state index in [0.717, 1.165) is 5.56 Å². The lowest BCUT2D eigenvalue weighted by atomic mass is 10.1. The van der Waals surface area contributed by atoms with Gasteiger partial charge in [0.2, 0.25) is 0 Å². The Balaban J connectivity index is 2.87. The van der Waals surface area contributed by atoms with Crippen LogP contribution in [0.15, 0.2) is 35.6 Å². The van der Waals surface area contributed by atoms with Crippen LogP contribution in [-0.4, -0.2) is 23.4 Å². The molecule has 2 heteroatoms.